The van der Waals surface area contributed by atoms with E-state index < -0.39 is 0 Å². The molecule has 0 fully saturated rings. The molecule has 0 radical (unpaired) electrons. The quantitative estimate of drug-likeness (QED) is 0.428. The lowest BCUT2D eigenvalue weighted by Gasteiger charge is -2.24. The zero-order chi connectivity index (χ0) is 22.5. The molecule has 0 unspecified atom stereocenters. The summed E-state index contributed by atoms with van der Waals surface area (Å²) >= 11 is 0. The zero-order valence-corrected chi connectivity index (χ0v) is 18.6. The summed E-state index contributed by atoms with van der Waals surface area (Å²) in [6, 6.07) is 15.7. The van der Waals surface area contributed by atoms with E-state index in [0.29, 0.717) is 18.8 Å². The standard InChI is InChI=1S/C25H27N5O2/c1-28(2)13-14-29(18-19-5-4-6-22(15-19)32-3)25(31)23-17-27-24-16-21(9-12-30(23)24)20-7-10-26-11-8-20/h4-12,15-17H,13-14,18H2,1-3H3. The number of amides is 1. The van der Waals surface area contributed by atoms with Crippen molar-refractivity contribution < 1.29 is 9.53 Å². The Labute approximate surface area is 187 Å². The van der Waals surface area contributed by atoms with E-state index >= 15 is 0 Å². The number of pyridine rings is 2. The van der Waals surface area contributed by atoms with Crippen molar-refractivity contribution in [1.82, 2.24) is 24.2 Å². The number of likely N-dealkylation sites (N-methyl/N-ethyl adjacent to an activating group) is 1. The summed E-state index contributed by atoms with van der Waals surface area (Å²) in [5.74, 6) is 0.722. The van der Waals surface area contributed by atoms with E-state index in [9.17, 15) is 4.79 Å². The highest BCUT2D eigenvalue weighted by molar-refractivity contribution is 5.93. The number of rotatable bonds is 8. The van der Waals surface area contributed by atoms with Gasteiger partial charge in [0.25, 0.3) is 5.91 Å². The van der Waals surface area contributed by atoms with Crippen molar-refractivity contribution >= 4 is 11.6 Å². The van der Waals surface area contributed by atoms with Crippen molar-refractivity contribution in [3.63, 3.8) is 0 Å². The van der Waals surface area contributed by atoms with Gasteiger partial charge in [0.15, 0.2) is 0 Å². The second-order valence-corrected chi connectivity index (χ2v) is 7.90. The molecule has 32 heavy (non-hydrogen) atoms. The van der Waals surface area contributed by atoms with Gasteiger partial charge in [0.1, 0.15) is 17.1 Å². The maximum absolute atomic E-state index is 13.6. The topological polar surface area (TPSA) is 63.0 Å². The molecule has 1 amide bonds. The van der Waals surface area contributed by atoms with Crippen LogP contribution in [0.1, 0.15) is 16.1 Å². The molecule has 0 aliphatic heterocycles. The summed E-state index contributed by atoms with van der Waals surface area (Å²) < 4.78 is 7.19. The number of hydrogen-bond acceptors (Lipinski definition) is 5. The van der Waals surface area contributed by atoms with E-state index in [0.717, 1.165) is 34.6 Å². The molecule has 7 heteroatoms. The molecule has 0 aliphatic carbocycles. The van der Waals surface area contributed by atoms with Crippen LogP contribution in [-0.4, -0.2) is 64.4 Å². The van der Waals surface area contributed by atoms with Gasteiger partial charge < -0.3 is 14.5 Å². The van der Waals surface area contributed by atoms with Gasteiger partial charge >= 0.3 is 0 Å². The second-order valence-electron chi connectivity index (χ2n) is 7.90. The monoisotopic (exact) mass is 429 g/mol. The summed E-state index contributed by atoms with van der Waals surface area (Å²) in [4.78, 5) is 26.1. The van der Waals surface area contributed by atoms with E-state index in [-0.39, 0.29) is 5.91 Å². The van der Waals surface area contributed by atoms with Crippen LogP contribution in [0.25, 0.3) is 16.8 Å². The zero-order valence-electron chi connectivity index (χ0n) is 18.6. The fourth-order valence-electron chi connectivity index (χ4n) is 3.59. The first-order chi connectivity index (χ1) is 15.5. The molecule has 0 aliphatic rings. The van der Waals surface area contributed by atoms with Gasteiger partial charge in [0, 0.05) is 38.2 Å². The van der Waals surface area contributed by atoms with Gasteiger partial charge in [-0.25, -0.2) is 4.98 Å². The number of fused-ring (bicyclic) bond motifs is 1. The largest absolute Gasteiger partial charge is 0.497 e. The molecule has 0 saturated heterocycles. The minimum Gasteiger partial charge on any atom is -0.497 e. The Morgan fingerprint density at radius 2 is 1.84 bits per heavy atom. The summed E-state index contributed by atoms with van der Waals surface area (Å²) in [6.07, 6.45) is 7.09. The first-order valence-electron chi connectivity index (χ1n) is 10.5. The van der Waals surface area contributed by atoms with Crippen LogP contribution in [-0.2, 0) is 6.54 Å². The number of methoxy groups -OCH3 is 1. The predicted molar refractivity (Wildman–Crippen MR) is 125 cm³/mol. The van der Waals surface area contributed by atoms with Crippen LogP contribution in [0.4, 0.5) is 0 Å². The minimum absolute atomic E-state index is 0.0566. The van der Waals surface area contributed by atoms with Gasteiger partial charge in [0.2, 0.25) is 0 Å². The highest BCUT2D eigenvalue weighted by Gasteiger charge is 2.20. The first kappa shape index (κ1) is 21.5. The van der Waals surface area contributed by atoms with Gasteiger partial charge in [0.05, 0.1) is 13.3 Å². The fourth-order valence-corrected chi connectivity index (χ4v) is 3.59. The summed E-state index contributed by atoms with van der Waals surface area (Å²) in [5, 5.41) is 0. The lowest BCUT2D eigenvalue weighted by molar-refractivity contribution is 0.0725. The molecule has 0 bridgehead atoms. The number of benzene rings is 1. The third kappa shape index (κ3) is 4.78. The summed E-state index contributed by atoms with van der Waals surface area (Å²) in [5.41, 5.74) is 4.39. The van der Waals surface area contributed by atoms with Crippen LogP contribution in [0.2, 0.25) is 0 Å². The van der Waals surface area contributed by atoms with Gasteiger partial charge in [-0.15, -0.1) is 0 Å². The second kappa shape index (κ2) is 9.62. The maximum Gasteiger partial charge on any atom is 0.272 e. The molecule has 0 N–H and O–H groups in total. The number of ether oxygens (including phenoxy) is 1. The first-order valence-corrected chi connectivity index (χ1v) is 10.5. The molecular formula is C25H27N5O2. The van der Waals surface area contributed by atoms with Crippen LogP contribution in [0.3, 0.4) is 0 Å². The Bertz CT molecular complexity index is 1200. The molecule has 0 saturated carbocycles. The van der Waals surface area contributed by atoms with E-state index in [4.69, 9.17) is 4.74 Å². The lowest BCUT2D eigenvalue weighted by Crippen LogP contribution is -2.36. The van der Waals surface area contributed by atoms with Crippen LogP contribution < -0.4 is 4.74 Å². The molecule has 3 heterocycles. The van der Waals surface area contributed by atoms with Crippen molar-refractivity contribution in [2.45, 2.75) is 6.54 Å². The average Bonchev–Trinajstić information content (AvgIpc) is 3.25. The third-order valence-electron chi connectivity index (χ3n) is 5.36. The number of nitrogens with zero attached hydrogens (tertiary/aromatic N) is 5. The molecule has 4 rings (SSSR count). The number of aromatic nitrogens is 3. The van der Waals surface area contributed by atoms with Crippen molar-refractivity contribution in [2.75, 3.05) is 34.3 Å². The predicted octanol–water partition coefficient (Wildman–Crippen LogP) is 3.61. The van der Waals surface area contributed by atoms with Gasteiger partial charge in [-0.05, 0) is 67.2 Å². The molecular weight excluding hydrogens is 402 g/mol. The normalized spacial score (nSPS) is 11.1. The van der Waals surface area contributed by atoms with E-state index in [1.165, 1.54) is 0 Å². The van der Waals surface area contributed by atoms with E-state index in [1.807, 2.05) is 78.1 Å². The van der Waals surface area contributed by atoms with E-state index in [1.54, 1.807) is 25.7 Å². The summed E-state index contributed by atoms with van der Waals surface area (Å²) in [7, 11) is 5.65. The molecule has 164 valence electrons. The maximum atomic E-state index is 13.6. The Hall–Kier alpha value is -3.71. The van der Waals surface area contributed by atoms with Crippen LogP contribution in [0.5, 0.6) is 5.75 Å². The van der Waals surface area contributed by atoms with Crippen molar-refractivity contribution in [1.29, 1.82) is 0 Å². The van der Waals surface area contributed by atoms with Crippen LogP contribution >= 0.6 is 0 Å². The van der Waals surface area contributed by atoms with Crippen molar-refractivity contribution in [2.24, 2.45) is 0 Å². The third-order valence-corrected chi connectivity index (χ3v) is 5.36. The Balaban J connectivity index is 1.63. The Morgan fingerprint density at radius 1 is 1.03 bits per heavy atom. The Kier molecular flexibility index (Phi) is 6.47. The summed E-state index contributed by atoms with van der Waals surface area (Å²) in [6.45, 7) is 1.86. The van der Waals surface area contributed by atoms with Crippen LogP contribution in [0.15, 0.2) is 73.3 Å². The molecule has 7 nitrogen and oxygen atoms in total. The number of carbonyl (C=O) groups is 1. The van der Waals surface area contributed by atoms with Crippen molar-refractivity contribution in [3.8, 4) is 16.9 Å². The average molecular weight is 430 g/mol. The molecule has 1 aromatic carbocycles. The molecule has 0 atom stereocenters. The lowest BCUT2D eigenvalue weighted by atomic mass is 10.1. The number of imidazole rings is 1. The van der Waals surface area contributed by atoms with Gasteiger partial charge in [-0.2, -0.15) is 0 Å². The fraction of sp³-hybridized carbons (Fsp3) is 0.240. The number of carbonyl (C=O) groups excluding carboxylic acids is 1. The highest BCUT2D eigenvalue weighted by atomic mass is 16.5. The minimum atomic E-state index is -0.0566. The van der Waals surface area contributed by atoms with Crippen molar-refractivity contribution in [3.05, 3.63) is 84.6 Å². The van der Waals surface area contributed by atoms with E-state index in [2.05, 4.69) is 14.9 Å². The molecule has 0 spiro atoms. The Morgan fingerprint density at radius 3 is 2.59 bits per heavy atom. The smallest absolute Gasteiger partial charge is 0.272 e. The molecule has 3 aromatic heterocycles. The highest BCUT2D eigenvalue weighted by Crippen LogP contribution is 2.22. The molecule has 4 aromatic rings. The number of hydrogen-bond donors (Lipinski definition) is 0. The van der Waals surface area contributed by atoms with Crippen LogP contribution in [0, 0.1) is 0 Å². The SMILES string of the molecule is COc1cccc(CN(CCN(C)C)C(=O)c2cnc3cc(-c4ccncc4)ccn23)c1. The van der Waals surface area contributed by atoms with Gasteiger partial charge in [-0.1, -0.05) is 12.1 Å². The van der Waals surface area contributed by atoms with Gasteiger partial charge in [-0.3, -0.25) is 14.2 Å².